The number of hydrogen-bond acceptors (Lipinski definition) is 5. The maximum Gasteiger partial charge on any atom is 0.410 e. The van der Waals surface area contributed by atoms with Crippen LogP contribution in [0, 0.1) is 17.3 Å². The van der Waals surface area contributed by atoms with Crippen molar-refractivity contribution in [1.82, 2.24) is 10.2 Å². The smallest absolute Gasteiger partial charge is 0.410 e. The molecule has 1 spiro atoms. The van der Waals surface area contributed by atoms with Gasteiger partial charge in [-0.15, -0.1) is 0 Å². The molecule has 6 nitrogen and oxygen atoms in total. The monoisotopic (exact) mass is 340 g/mol. The van der Waals surface area contributed by atoms with Crippen LogP contribution in [-0.2, 0) is 14.3 Å². The first-order valence-electron chi connectivity index (χ1n) is 9.00. The second-order valence-corrected chi connectivity index (χ2v) is 8.05. The Hall–Kier alpha value is -1.30. The van der Waals surface area contributed by atoms with Crippen molar-refractivity contribution < 1.29 is 19.1 Å². The van der Waals surface area contributed by atoms with E-state index in [4.69, 9.17) is 9.47 Å². The summed E-state index contributed by atoms with van der Waals surface area (Å²) < 4.78 is 10.6. The summed E-state index contributed by atoms with van der Waals surface area (Å²) in [7, 11) is 1.44. The predicted molar refractivity (Wildman–Crippen MR) is 91.6 cm³/mol. The van der Waals surface area contributed by atoms with Crippen molar-refractivity contribution in [3.05, 3.63) is 0 Å². The first-order chi connectivity index (χ1) is 11.2. The number of nitrogens with zero attached hydrogens (tertiary/aromatic N) is 1. The minimum Gasteiger partial charge on any atom is -0.469 e. The van der Waals surface area contributed by atoms with Crippen molar-refractivity contribution in [2.45, 2.75) is 52.6 Å². The van der Waals surface area contributed by atoms with Gasteiger partial charge >= 0.3 is 12.1 Å². The van der Waals surface area contributed by atoms with E-state index in [-0.39, 0.29) is 29.3 Å². The molecule has 2 aliphatic heterocycles. The molecule has 0 saturated carbocycles. The van der Waals surface area contributed by atoms with Gasteiger partial charge in [-0.3, -0.25) is 4.79 Å². The summed E-state index contributed by atoms with van der Waals surface area (Å²) >= 11 is 0. The van der Waals surface area contributed by atoms with Gasteiger partial charge in [-0.25, -0.2) is 4.79 Å². The Bertz CT molecular complexity index is 466. The summed E-state index contributed by atoms with van der Waals surface area (Å²) in [4.78, 5) is 26.8. The van der Waals surface area contributed by atoms with Gasteiger partial charge in [0.25, 0.3) is 0 Å². The second-order valence-electron chi connectivity index (χ2n) is 8.05. The van der Waals surface area contributed by atoms with Crippen LogP contribution in [0.25, 0.3) is 0 Å². The van der Waals surface area contributed by atoms with E-state index in [1.807, 2.05) is 20.8 Å². The second kappa shape index (κ2) is 7.30. The van der Waals surface area contributed by atoms with Gasteiger partial charge in [0.05, 0.1) is 13.0 Å². The van der Waals surface area contributed by atoms with Gasteiger partial charge in [-0.2, -0.15) is 0 Å². The van der Waals surface area contributed by atoms with E-state index in [1.165, 1.54) is 7.11 Å². The lowest BCUT2D eigenvalue weighted by molar-refractivity contribution is -0.160. The summed E-state index contributed by atoms with van der Waals surface area (Å²) in [5.41, 5.74) is -0.616. The minimum absolute atomic E-state index is 0.0778. The molecule has 2 atom stereocenters. The third kappa shape index (κ3) is 3.85. The van der Waals surface area contributed by atoms with Crippen LogP contribution in [-0.4, -0.2) is 55.9 Å². The molecular weight excluding hydrogens is 308 g/mol. The van der Waals surface area contributed by atoms with Crippen molar-refractivity contribution in [2.75, 3.05) is 33.3 Å². The normalized spacial score (nSPS) is 27.0. The highest BCUT2D eigenvalue weighted by Gasteiger charge is 2.53. The maximum atomic E-state index is 12.5. The van der Waals surface area contributed by atoms with E-state index in [1.54, 1.807) is 4.90 Å². The Morgan fingerprint density at radius 2 is 1.83 bits per heavy atom. The van der Waals surface area contributed by atoms with Crippen molar-refractivity contribution in [2.24, 2.45) is 17.3 Å². The summed E-state index contributed by atoms with van der Waals surface area (Å²) in [6, 6.07) is 0. The van der Waals surface area contributed by atoms with Gasteiger partial charge in [-0.1, -0.05) is 13.3 Å². The summed E-state index contributed by atoms with van der Waals surface area (Å²) in [5.74, 6) is -0.204. The maximum absolute atomic E-state index is 12.5. The number of amides is 1. The topological polar surface area (TPSA) is 67.9 Å². The number of methoxy groups -OCH3 is 1. The standard InChI is InChI=1S/C18H32N2O4/c1-6-13-11-20(16(22)24-17(2,3)4)12-14(15(21)23-5)18(13)7-9-19-10-8-18/h13-14,19H,6-12H2,1-5H3. The molecule has 2 fully saturated rings. The quantitative estimate of drug-likeness (QED) is 0.782. The highest BCUT2D eigenvalue weighted by atomic mass is 16.6. The molecule has 0 bridgehead atoms. The molecule has 2 heterocycles. The van der Waals surface area contributed by atoms with Gasteiger partial charge in [0.15, 0.2) is 0 Å². The van der Waals surface area contributed by atoms with Gasteiger partial charge < -0.3 is 19.7 Å². The van der Waals surface area contributed by atoms with Gasteiger partial charge in [-0.05, 0) is 58.0 Å². The Kier molecular flexibility index (Phi) is 5.78. The molecule has 2 rings (SSSR count). The third-order valence-electron chi connectivity index (χ3n) is 5.52. The molecule has 6 heteroatoms. The van der Waals surface area contributed by atoms with E-state index in [0.717, 1.165) is 32.4 Å². The fraction of sp³-hybridized carbons (Fsp3) is 0.889. The van der Waals surface area contributed by atoms with Gasteiger partial charge in [0, 0.05) is 13.1 Å². The van der Waals surface area contributed by atoms with E-state index in [2.05, 4.69) is 12.2 Å². The van der Waals surface area contributed by atoms with Gasteiger partial charge in [0.1, 0.15) is 5.60 Å². The lowest BCUT2D eigenvalue weighted by Crippen LogP contribution is -2.60. The van der Waals surface area contributed by atoms with Crippen LogP contribution < -0.4 is 5.32 Å². The van der Waals surface area contributed by atoms with Crippen molar-refractivity contribution in [1.29, 1.82) is 0 Å². The van der Waals surface area contributed by atoms with Crippen LogP contribution in [0.4, 0.5) is 4.79 Å². The SMILES string of the molecule is CCC1CN(C(=O)OC(C)(C)C)CC(C(=O)OC)C12CCNCC2. The zero-order chi connectivity index (χ0) is 18.0. The lowest BCUT2D eigenvalue weighted by atomic mass is 9.58. The summed E-state index contributed by atoms with van der Waals surface area (Å²) in [5, 5.41) is 3.39. The van der Waals surface area contributed by atoms with Crippen molar-refractivity contribution in [3.63, 3.8) is 0 Å². The van der Waals surface area contributed by atoms with Crippen LogP contribution in [0.2, 0.25) is 0 Å². The molecule has 24 heavy (non-hydrogen) atoms. The molecule has 2 unspecified atom stereocenters. The molecule has 2 saturated heterocycles. The highest BCUT2D eigenvalue weighted by Crippen LogP contribution is 2.49. The highest BCUT2D eigenvalue weighted by molar-refractivity contribution is 5.76. The van der Waals surface area contributed by atoms with Crippen LogP contribution in [0.1, 0.15) is 47.0 Å². The van der Waals surface area contributed by atoms with E-state index in [9.17, 15) is 9.59 Å². The molecule has 0 aromatic carbocycles. The number of rotatable bonds is 2. The van der Waals surface area contributed by atoms with Crippen LogP contribution in [0.5, 0.6) is 0 Å². The Morgan fingerprint density at radius 3 is 2.33 bits per heavy atom. The van der Waals surface area contributed by atoms with Gasteiger partial charge in [0.2, 0.25) is 0 Å². The zero-order valence-corrected chi connectivity index (χ0v) is 15.7. The average molecular weight is 340 g/mol. The largest absolute Gasteiger partial charge is 0.469 e. The molecule has 0 radical (unpaired) electrons. The summed E-state index contributed by atoms with van der Waals surface area (Å²) in [6.07, 6.45) is 2.51. The molecule has 0 aromatic rings. The number of hydrogen-bond donors (Lipinski definition) is 1. The Morgan fingerprint density at radius 1 is 1.21 bits per heavy atom. The first-order valence-corrected chi connectivity index (χ1v) is 9.00. The molecule has 1 amide bonds. The molecule has 138 valence electrons. The zero-order valence-electron chi connectivity index (χ0n) is 15.7. The number of carbonyl (C=O) groups is 2. The average Bonchev–Trinajstić information content (AvgIpc) is 2.53. The molecule has 1 N–H and O–H groups in total. The predicted octanol–water partition coefficient (Wildman–Crippen LogP) is 2.42. The van der Waals surface area contributed by atoms with E-state index < -0.39 is 5.60 Å². The van der Waals surface area contributed by atoms with Crippen LogP contribution in [0.3, 0.4) is 0 Å². The van der Waals surface area contributed by atoms with Crippen molar-refractivity contribution >= 4 is 12.1 Å². The fourth-order valence-electron chi connectivity index (χ4n) is 4.32. The Balaban J connectivity index is 2.27. The van der Waals surface area contributed by atoms with E-state index >= 15 is 0 Å². The number of likely N-dealkylation sites (tertiary alicyclic amines) is 1. The molecule has 2 aliphatic rings. The third-order valence-corrected chi connectivity index (χ3v) is 5.52. The number of esters is 1. The summed E-state index contributed by atoms with van der Waals surface area (Å²) in [6.45, 7) is 10.6. The number of ether oxygens (including phenoxy) is 2. The van der Waals surface area contributed by atoms with Crippen LogP contribution >= 0.6 is 0 Å². The van der Waals surface area contributed by atoms with E-state index in [0.29, 0.717) is 13.1 Å². The molecular formula is C18H32N2O4. The number of piperidine rings is 2. The lowest BCUT2D eigenvalue weighted by Gasteiger charge is -2.53. The molecule has 0 aliphatic carbocycles. The van der Waals surface area contributed by atoms with Crippen LogP contribution in [0.15, 0.2) is 0 Å². The number of carbonyl (C=O) groups excluding carboxylic acids is 2. The minimum atomic E-state index is -0.538. The fourth-order valence-corrected chi connectivity index (χ4v) is 4.32. The Labute approximate surface area is 145 Å². The first kappa shape index (κ1) is 19.0. The van der Waals surface area contributed by atoms with Crippen molar-refractivity contribution in [3.8, 4) is 0 Å². The number of nitrogens with one attached hydrogen (secondary N) is 1. The molecule has 0 aromatic heterocycles.